The summed E-state index contributed by atoms with van der Waals surface area (Å²) in [6.45, 7) is 1.34. The first-order chi connectivity index (χ1) is 7.70. The third kappa shape index (κ3) is 9.26. The van der Waals surface area contributed by atoms with Crippen molar-refractivity contribution in [2.24, 2.45) is 5.73 Å². The molecule has 0 bridgehead atoms. The largest absolute Gasteiger partial charge is 0.453 e. The van der Waals surface area contributed by atoms with Crippen molar-refractivity contribution in [3.8, 4) is 0 Å². The molecule has 0 aliphatic carbocycles. The first-order valence-corrected chi connectivity index (χ1v) is 5.49. The lowest BCUT2D eigenvalue weighted by Crippen LogP contribution is -2.30. The van der Waals surface area contributed by atoms with Gasteiger partial charge in [0.05, 0.1) is 13.7 Å². The SMILES string of the molecule is COC(=O)NCCCCCCNC(=O)CN. The molecule has 0 saturated heterocycles. The van der Waals surface area contributed by atoms with Crippen molar-refractivity contribution in [3.05, 3.63) is 0 Å². The molecule has 0 aromatic heterocycles. The van der Waals surface area contributed by atoms with Gasteiger partial charge in [-0.25, -0.2) is 4.79 Å². The second-order valence-corrected chi connectivity index (χ2v) is 3.39. The Morgan fingerprint density at radius 1 is 1.06 bits per heavy atom. The summed E-state index contributed by atoms with van der Waals surface area (Å²) < 4.78 is 4.42. The standard InChI is InChI=1S/C10H21N3O3/c1-16-10(15)13-7-5-3-2-4-6-12-9(14)8-11/h2-8,11H2,1H3,(H,12,14)(H,13,15). The molecule has 0 atom stereocenters. The maximum atomic E-state index is 10.8. The van der Waals surface area contributed by atoms with Crippen molar-refractivity contribution in [3.63, 3.8) is 0 Å². The summed E-state index contributed by atoms with van der Waals surface area (Å²) in [6, 6.07) is 0. The molecule has 0 aromatic rings. The number of carbonyl (C=O) groups excluding carboxylic acids is 2. The first kappa shape index (κ1) is 14.7. The van der Waals surface area contributed by atoms with E-state index in [2.05, 4.69) is 15.4 Å². The van der Waals surface area contributed by atoms with Crippen LogP contribution in [0.15, 0.2) is 0 Å². The zero-order valence-corrected chi connectivity index (χ0v) is 9.75. The van der Waals surface area contributed by atoms with Gasteiger partial charge in [0.15, 0.2) is 0 Å². The fourth-order valence-electron chi connectivity index (χ4n) is 1.17. The Balaban J connectivity index is 3.10. The maximum Gasteiger partial charge on any atom is 0.406 e. The molecule has 4 N–H and O–H groups in total. The van der Waals surface area contributed by atoms with Crippen LogP contribution in [0.25, 0.3) is 0 Å². The molecule has 0 unspecified atom stereocenters. The molecule has 0 heterocycles. The molecule has 0 aromatic carbocycles. The normalized spacial score (nSPS) is 9.62. The van der Waals surface area contributed by atoms with Gasteiger partial charge in [-0.1, -0.05) is 12.8 Å². The molecule has 0 spiro atoms. The Morgan fingerprint density at radius 3 is 2.12 bits per heavy atom. The number of carbonyl (C=O) groups is 2. The molecular formula is C10H21N3O3. The summed E-state index contributed by atoms with van der Waals surface area (Å²) in [6.07, 6.45) is 3.50. The quantitative estimate of drug-likeness (QED) is 0.512. The van der Waals surface area contributed by atoms with Crippen LogP contribution in [0, 0.1) is 0 Å². The topological polar surface area (TPSA) is 93.5 Å². The Bertz CT molecular complexity index is 187. The number of nitrogens with one attached hydrogen (secondary N) is 2. The van der Waals surface area contributed by atoms with Crippen molar-refractivity contribution in [2.75, 3.05) is 26.7 Å². The van der Waals surface area contributed by atoms with Gasteiger partial charge in [-0.15, -0.1) is 0 Å². The number of hydrogen-bond donors (Lipinski definition) is 3. The van der Waals surface area contributed by atoms with Crippen LogP contribution in [0.2, 0.25) is 0 Å². The molecule has 0 rings (SSSR count). The minimum Gasteiger partial charge on any atom is -0.453 e. The van der Waals surface area contributed by atoms with Crippen LogP contribution in [-0.2, 0) is 9.53 Å². The fraction of sp³-hybridized carbons (Fsp3) is 0.800. The van der Waals surface area contributed by atoms with Crippen LogP contribution in [0.5, 0.6) is 0 Å². The van der Waals surface area contributed by atoms with Gasteiger partial charge in [0, 0.05) is 13.1 Å². The first-order valence-electron chi connectivity index (χ1n) is 5.49. The van der Waals surface area contributed by atoms with E-state index in [0.717, 1.165) is 25.7 Å². The third-order valence-corrected chi connectivity index (χ3v) is 2.07. The summed E-state index contributed by atoms with van der Waals surface area (Å²) in [7, 11) is 1.34. The molecule has 6 nitrogen and oxygen atoms in total. The zero-order valence-electron chi connectivity index (χ0n) is 9.75. The minimum atomic E-state index is -0.393. The third-order valence-electron chi connectivity index (χ3n) is 2.07. The number of ether oxygens (including phenoxy) is 1. The molecule has 2 amide bonds. The molecule has 94 valence electrons. The van der Waals surface area contributed by atoms with Gasteiger partial charge >= 0.3 is 6.09 Å². The van der Waals surface area contributed by atoms with Crippen LogP contribution in [-0.4, -0.2) is 38.7 Å². The fourth-order valence-corrected chi connectivity index (χ4v) is 1.17. The highest BCUT2D eigenvalue weighted by molar-refractivity contribution is 5.77. The highest BCUT2D eigenvalue weighted by atomic mass is 16.5. The maximum absolute atomic E-state index is 10.8. The van der Waals surface area contributed by atoms with Crippen LogP contribution < -0.4 is 16.4 Å². The predicted octanol–water partition coefficient (Wildman–Crippen LogP) is -0.0223. The summed E-state index contributed by atoms with van der Waals surface area (Å²) >= 11 is 0. The van der Waals surface area contributed by atoms with Gasteiger partial charge in [0.25, 0.3) is 0 Å². The average molecular weight is 231 g/mol. The number of nitrogens with two attached hydrogens (primary N) is 1. The highest BCUT2D eigenvalue weighted by Gasteiger charge is 1.97. The number of hydrogen-bond acceptors (Lipinski definition) is 4. The Labute approximate surface area is 95.9 Å². The molecule has 0 aliphatic rings. The average Bonchev–Trinajstić information content (AvgIpc) is 2.31. The number of rotatable bonds is 8. The monoisotopic (exact) mass is 231 g/mol. The van der Waals surface area contributed by atoms with Gasteiger partial charge < -0.3 is 21.1 Å². The summed E-state index contributed by atoms with van der Waals surface area (Å²) in [4.78, 5) is 21.4. The zero-order chi connectivity index (χ0) is 12.2. The van der Waals surface area contributed by atoms with Gasteiger partial charge in [-0.2, -0.15) is 0 Å². The van der Waals surface area contributed by atoms with Gasteiger partial charge in [-0.3, -0.25) is 4.79 Å². The van der Waals surface area contributed by atoms with Crippen LogP contribution in [0.4, 0.5) is 4.79 Å². The van der Waals surface area contributed by atoms with Crippen molar-refractivity contribution in [2.45, 2.75) is 25.7 Å². The summed E-state index contributed by atoms with van der Waals surface area (Å²) in [5.41, 5.74) is 5.13. The molecule has 0 radical (unpaired) electrons. The number of alkyl carbamates (subject to hydrolysis) is 1. The van der Waals surface area contributed by atoms with Crippen LogP contribution in [0.1, 0.15) is 25.7 Å². The van der Waals surface area contributed by atoms with Gasteiger partial charge in [0.1, 0.15) is 0 Å². The lowest BCUT2D eigenvalue weighted by Gasteiger charge is -2.04. The van der Waals surface area contributed by atoms with E-state index in [1.807, 2.05) is 0 Å². The Kier molecular flexibility index (Phi) is 9.39. The molecule has 16 heavy (non-hydrogen) atoms. The van der Waals surface area contributed by atoms with Crippen LogP contribution in [0.3, 0.4) is 0 Å². The van der Waals surface area contributed by atoms with E-state index < -0.39 is 6.09 Å². The van der Waals surface area contributed by atoms with Gasteiger partial charge in [0.2, 0.25) is 5.91 Å². The second-order valence-electron chi connectivity index (χ2n) is 3.39. The highest BCUT2D eigenvalue weighted by Crippen LogP contribution is 1.97. The van der Waals surface area contributed by atoms with Crippen molar-refractivity contribution >= 4 is 12.0 Å². The van der Waals surface area contributed by atoms with E-state index in [9.17, 15) is 9.59 Å². The van der Waals surface area contributed by atoms with E-state index in [-0.39, 0.29) is 12.5 Å². The lowest BCUT2D eigenvalue weighted by molar-refractivity contribution is -0.119. The smallest absolute Gasteiger partial charge is 0.406 e. The van der Waals surface area contributed by atoms with Crippen molar-refractivity contribution in [1.29, 1.82) is 0 Å². The van der Waals surface area contributed by atoms with Crippen LogP contribution >= 0.6 is 0 Å². The Morgan fingerprint density at radius 2 is 1.62 bits per heavy atom. The van der Waals surface area contributed by atoms with E-state index in [4.69, 9.17) is 5.73 Å². The number of methoxy groups -OCH3 is 1. The van der Waals surface area contributed by atoms with E-state index in [1.165, 1.54) is 7.11 Å². The van der Waals surface area contributed by atoms with E-state index in [0.29, 0.717) is 13.1 Å². The minimum absolute atomic E-state index is 0.0447. The molecule has 6 heteroatoms. The summed E-state index contributed by atoms with van der Waals surface area (Å²) in [5.74, 6) is -0.118. The predicted molar refractivity (Wildman–Crippen MR) is 60.9 cm³/mol. The molecule has 0 fully saturated rings. The molecule has 0 saturated carbocycles. The second kappa shape index (κ2) is 10.2. The summed E-state index contributed by atoms with van der Waals surface area (Å²) in [5, 5.41) is 5.30. The molecule has 0 aliphatic heterocycles. The number of unbranched alkanes of at least 4 members (excludes halogenated alkanes) is 3. The molecular weight excluding hydrogens is 210 g/mol. The van der Waals surface area contributed by atoms with Crippen molar-refractivity contribution < 1.29 is 14.3 Å². The Hall–Kier alpha value is -1.30. The lowest BCUT2D eigenvalue weighted by atomic mass is 10.2. The van der Waals surface area contributed by atoms with E-state index in [1.54, 1.807) is 0 Å². The van der Waals surface area contributed by atoms with E-state index >= 15 is 0 Å². The van der Waals surface area contributed by atoms with Crippen molar-refractivity contribution in [1.82, 2.24) is 10.6 Å². The number of amides is 2. The van der Waals surface area contributed by atoms with Gasteiger partial charge in [-0.05, 0) is 12.8 Å².